The molecular formula is C25H27NO5S. The summed E-state index contributed by atoms with van der Waals surface area (Å²) in [4.78, 5) is 25.3. The molecule has 7 heteroatoms. The lowest BCUT2D eigenvalue weighted by Crippen LogP contribution is -2.21. The minimum atomic E-state index is -0.466. The molecule has 0 bridgehead atoms. The van der Waals surface area contributed by atoms with Gasteiger partial charge in [0.2, 0.25) is 0 Å². The van der Waals surface area contributed by atoms with E-state index < -0.39 is 5.97 Å². The number of esters is 1. The van der Waals surface area contributed by atoms with Crippen molar-refractivity contribution in [1.82, 2.24) is 0 Å². The van der Waals surface area contributed by atoms with Crippen molar-refractivity contribution in [1.29, 1.82) is 0 Å². The summed E-state index contributed by atoms with van der Waals surface area (Å²) in [7, 11) is 0. The molecule has 0 aliphatic heterocycles. The van der Waals surface area contributed by atoms with Crippen LogP contribution in [-0.4, -0.2) is 31.7 Å². The number of hydrogen-bond donors (Lipinski definition) is 1. The zero-order chi connectivity index (χ0) is 23.1. The fourth-order valence-electron chi connectivity index (χ4n) is 3.28. The Balaban J connectivity index is 1.77. The second-order valence-electron chi connectivity index (χ2n) is 7.13. The molecule has 0 aliphatic carbocycles. The molecule has 32 heavy (non-hydrogen) atoms. The lowest BCUT2D eigenvalue weighted by molar-refractivity contribution is -0.118. The van der Waals surface area contributed by atoms with Crippen molar-refractivity contribution < 1.29 is 23.8 Å². The van der Waals surface area contributed by atoms with E-state index in [9.17, 15) is 9.59 Å². The molecule has 0 atom stereocenters. The molecule has 3 aromatic rings. The smallest absolute Gasteiger partial charge is 0.341 e. The fourth-order valence-corrected chi connectivity index (χ4v) is 4.24. The Hall–Kier alpha value is -3.32. The van der Waals surface area contributed by atoms with Crippen LogP contribution in [-0.2, 0) is 9.53 Å². The van der Waals surface area contributed by atoms with Gasteiger partial charge in [-0.25, -0.2) is 4.79 Å². The number of carbonyl (C=O) groups excluding carboxylic acids is 2. The van der Waals surface area contributed by atoms with Gasteiger partial charge in [0.1, 0.15) is 22.1 Å². The molecule has 0 aliphatic rings. The summed E-state index contributed by atoms with van der Waals surface area (Å²) in [5, 5.41) is 5.11. The average molecular weight is 454 g/mol. The summed E-state index contributed by atoms with van der Waals surface area (Å²) in [5.41, 5.74) is 4.22. The van der Waals surface area contributed by atoms with Crippen molar-refractivity contribution in [3.8, 4) is 22.6 Å². The lowest BCUT2D eigenvalue weighted by Gasteiger charge is -2.11. The number of benzene rings is 2. The highest BCUT2D eigenvalue weighted by Crippen LogP contribution is 2.38. The van der Waals surface area contributed by atoms with Crippen LogP contribution in [0.5, 0.6) is 11.5 Å². The molecule has 0 saturated carbocycles. The third-order valence-electron chi connectivity index (χ3n) is 4.70. The van der Waals surface area contributed by atoms with Crippen LogP contribution in [0.4, 0.5) is 5.00 Å². The van der Waals surface area contributed by atoms with E-state index in [4.69, 9.17) is 14.2 Å². The van der Waals surface area contributed by atoms with Crippen LogP contribution in [0.2, 0.25) is 0 Å². The van der Waals surface area contributed by atoms with Gasteiger partial charge in [0.05, 0.1) is 13.2 Å². The predicted octanol–water partition coefficient (Wildman–Crippen LogP) is 5.62. The average Bonchev–Trinajstić information content (AvgIpc) is 3.17. The maximum absolute atomic E-state index is 12.7. The quantitative estimate of drug-likeness (QED) is 0.425. The highest BCUT2D eigenvalue weighted by molar-refractivity contribution is 7.15. The normalized spacial score (nSPS) is 10.5. The summed E-state index contributed by atoms with van der Waals surface area (Å²) in [6.07, 6.45) is 0. The number of carbonyl (C=O) groups is 2. The Bertz CT molecular complexity index is 1090. The molecule has 1 N–H and O–H groups in total. The minimum absolute atomic E-state index is 0.187. The zero-order valence-corrected chi connectivity index (χ0v) is 19.5. The number of thiophene rings is 1. The standard InChI is InChI=1S/C25H27NO5S/c1-5-29-18-8-10-19(11-9-18)31-14-22(27)26-24-23(25(28)30-6-2)21(15-32-24)20-12-7-16(3)13-17(20)4/h7-13,15H,5-6,14H2,1-4H3,(H,26,27). The number of aryl methyl sites for hydroxylation is 2. The second-order valence-corrected chi connectivity index (χ2v) is 8.01. The number of rotatable bonds is 9. The minimum Gasteiger partial charge on any atom is -0.494 e. The van der Waals surface area contributed by atoms with Crippen LogP contribution in [0.3, 0.4) is 0 Å². The first kappa shape index (κ1) is 23.3. The van der Waals surface area contributed by atoms with Gasteiger partial charge in [-0.05, 0) is 63.1 Å². The summed E-state index contributed by atoms with van der Waals surface area (Å²) >= 11 is 1.29. The van der Waals surface area contributed by atoms with E-state index in [-0.39, 0.29) is 19.1 Å². The molecule has 1 heterocycles. The van der Waals surface area contributed by atoms with Gasteiger partial charge in [-0.2, -0.15) is 0 Å². The molecule has 6 nitrogen and oxygen atoms in total. The molecule has 2 aromatic carbocycles. The highest BCUT2D eigenvalue weighted by atomic mass is 32.1. The molecule has 1 amide bonds. The zero-order valence-electron chi connectivity index (χ0n) is 18.7. The van der Waals surface area contributed by atoms with Gasteiger partial charge in [-0.1, -0.05) is 23.8 Å². The molecule has 1 aromatic heterocycles. The summed E-state index contributed by atoms with van der Waals surface area (Å²) < 4.78 is 16.2. The van der Waals surface area contributed by atoms with Crippen molar-refractivity contribution in [2.24, 2.45) is 0 Å². The first-order chi connectivity index (χ1) is 15.4. The summed E-state index contributed by atoms with van der Waals surface area (Å²) in [6, 6.07) is 13.1. The summed E-state index contributed by atoms with van der Waals surface area (Å²) in [5.74, 6) is 0.460. The van der Waals surface area contributed by atoms with Crippen LogP contribution < -0.4 is 14.8 Å². The van der Waals surface area contributed by atoms with Gasteiger partial charge in [0.15, 0.2) is 6.61 Å². The van der Waals surface area contributed by atoms with Gasteiger partial charge in [0.25, 0.3) is 5.91 Å². The van der Waals surface area contributed by atoms with E-state index in [0.717, 1.165) is 28.0 Å². The SMILES string of the molecule is CCOC(=O)c1c(-c2ccc(C)cc2C)csc1NC(=O)COc1ccc(OCC)cc1. The monoisotopic (exact) mass is 453 g/mol. The van der Waals surface area contributed by atoms with Crippen LogP contribution in [0.1, 0.15) is 35.3 Å². The van der Waals surface area contributed by atoms with E-state index in [0.29, 0.717) is 22.9 Å². The van der Waals surface area contributed by atoms with Crippen LogP contribution in [0.15, 0.2) is 47.8 Å². The molecular weight excluding hydrogens is 426 g/mol. The van der Waals surface area contributed by atoms with E-state index in [1.807, 2.05) is 38.3 Å². The van der Waals surface area contributed by atoms with Crippen molar-refractivity contribution in [2.45, 2.75) is 27.7 Å². The maximum atomic E-state index is 12.7. The number of nitrogens with one attached hydrogen (secondary N) is 1. The molecule has 0 radical (unpaired) electrons. The second kappa shape index (κ2) is 10.8. The van der Waals surface area contributed by atoms with E-state index in [1.54, 1.807) is 31.2 Å². The fraction of sp³-hybridized carbons (Fsp3) is 0.280. The number of anilines is 1. The highest BCUT2D eigenvalue weighted by Gasteiger charge is 2.23. The Morgan fingerprint density at radius 1 is 0.906 bits per heavy atom. The summed E-state index contributed by atoms with van der Waals surface area (Å²) in [6.45, 7) is 8.32. The third-order valence-corrected chi connectivity index (χ3v) is 5.60. The van der Waals surface area contributed by atoms with Gasteiger partial charge >= 0.3 is 5.97 Å². The van der Waals surface area contributed by atoms with E-state index >= 15 is 0 Å². The van der Waals surface area contributed by atoms with E-state index in [2.05, 4.69) is 11.4 Å². The molecule has 0 saturated heterocycles. The number of amides is 1. The Kier molecular flexibility index (Phi) is 7.89. The molecule has 168 valence electrons. The van der Waals surface area contributed by atoms with Gasteiger partial charge in [-0.15, -0.1) is 11.3 Å². The van der Waals surface area contributed by atoms with Gasteiger partial charge in [0, 0.05) is 10.9 Å². The molecule has 3 rings (SSSR count). The van der Waals surface area contributed by atoms with Crippen molar-refractivity contribution in [3.05, 3.63) is 64.5 Å². The van der Waals surface area contributed by atoms with Gasteiger partial charge < -0.3 is 19.5 Å². The van der Waals surface area contributed by atoms with Crippen molar-refractivity contribution in [3.63, 3.8) is 0 Å². The third kappa shape index (κ3) is 5.68. The Morgan fingerprint density at radius 3 is 2.22 bits per heavy atom. The number of hydrogen-bond acceptors (Lipinski definition) is 6. The largest absolute Gasteiger partial charge is 0.494 e. The Labute approximate surface area is 192 Å². The predicted molar refractivity (Wildman–Crippen MR) is 127 cm³/mol. The van der Waals surface area contributed by atoms with Crippen LogP contribution >= 0.6 is 11.3 Å². The van der Waals surface area contributed by atoms with E-state index in [1.165, 1.54) is 11.3 Å². The van der Waals surface area contributed by atoms with Crippen LogP contribution in [0.25, 0.3) is 11.1 Å². The first-order valence-corrected chi connectivity index (χ1v) is 11.3. The van der Waals surface area contributed by atoms with Crippen molar-refractivity contribution in [2.75, 3.05) is 25.1 Å². The number of ether oxygens (including phenoxy) is 3. The lowest BCUT2D eigenvalue weighted by atomic mass is 9.97. The maximum Gasteiger partial charge on any atom is 0.341 e. The van der Waals surface area contributed by atoms with Crippen LogP contribution in [0, 0.1) is 13.8 Å². The molecule has 0 unspecified atom stereocenters. The Morgan fingerprint density at radius 2 is 1.59 bits per heavy atom. The first-order valence-electron chi connectivity index (χ1n) is 10.4. The van der Waals surface area contributed by atoms with Gasteiger partial charge in [-0.3, -0.25) is 4.79 Å². The topological polar surface area (TPSA) is 73.9 Å². The molecule has 0 spiro atoms. The molecule has 0 fully saturated rings. The van der Waals surface area contributed by atoms with Crippen molar-refractivity contribution >= 4 is 28.2 Å².